The largest absolute Gasteiger partial charge is 0.573 e. The van der Waals surface area contributed by atoms with Gasteiger partial charge in [0, 0.05) is 24.9 Å². The molecule has 1 fully saturated rings. The molecule has 0 atom stereocenters. The van der Waals surface area contributed by atoms with Crippen molar-refractivity contribution in [2.75, 3.05) is 0 Å². The fourth-order valence-electron chi connectivity index (χ4n) is 3.10. The van der Waals surface area contributed by atoms with Gasteiger partial charge in [-0.05, 0) is 52.2 Å². The second-order valence-electron chi connectivity index (χ2n) is 7.69. The Morgan fingerprint density at radius 3 is 2.27 bits per heavy atom. The number of aromatic nitrogens is 2. The van der Waals surface area contributed by atoms with Crippen molar-refractivity contribution in [1.29, 1.82) is 0 Å². The molecule has 1 saturated carbocycles. The number of ether oxygens (including phenoxy) is 1. The van der Waals surface area contributed by atoms with E-state index in [0.717, 1.165) is 25.1 Å². The molecule has 1 aliphatic carbocycles. The SMILES string of the molecule is CC.CCC(=O)CC(C)(C)O.Cc1nc2ccc(OC(F)(F)F)cc2n1C1CCC1. The maximum atomic E-state index is 12.2. The van der Waals surface area contributed by atoms with Crippen molar-refractivity contribution in [3.8, 4) is 5.75 Å². The van der Waals surface area contributed by atoms with Crippen molar-refractivity contribution in [3.63, 3.8) is 0 Å². The van der Waals surface area contributed by atoms with Crippen molar-refractivity contribution >= 4 is 16.8 Å². The standard InChI is InChI=1S/C13H13F3N2O.C7H14O2.C2H6/c1-8-17-11-6-5-10(19-13(14,15)16)7-12(11)18(8)9-3-2-4-9;1-4-6(8)5-7(2,3)9;1-2/h5-7,9H,2-4H2,1H3;9H,4-5H2,1-3H3;1-2H3. The number of halogens is 3. The number of carbonyl (C=O) groups excluding carboxylic acids is 1. The van der Waals surface area contributed by atoms with Gasteiger partial charge >= 0.3 is 6.36 Å². The topological polar surface area (TPSA) is 64.3 Å². The molecule has 0 saturated heterocycles. The van der Waals surface area contributed by atoms with E-state index < -0.39 is 12.0 Å². The number of aliphatic hydroxyl groups is 1. The molecule has 1 aromatic carbocycles. The number of imidazole rings is 1. The lowest BCUT2D eigenvalue weighted by molar-refractivity contribution is -0.274. The highest BCUT2D eigenvalue weighted by molar-refractivity contribution is 5.79. The molecule has 2 aromatic rings. The molecule has 8 heteroatoms. The van der Waals surface area contributed by atoms with Gasteiger partial charge in [-0.1, -0.05) is 20.8 Å². The Labute approximate surface area is 176 Å². The van der Waals surface area contributed by atoms with Gasteiger partial charge in [0.05, 0.1) is 16.6 Å². The van der Waals surface area contributed by atoms with Crippen LogP contribution in [0.1, 0.15) is 78.6 Å². The van der Waals surface area contributed by atoms with Crippen molar-refractivity contribution in [2.24, 2.45) is 0 Å². The Morgan fingerprint density at radius 2 is 1.87 bits per heavy atom. The average Bonchev–Trinajstić information content (AvgIpc) is 2.89. The molecular weight excluding hydrogens is 397 g/mol. The molecule has 5 nitrogen and oxygen atoms in total. The average molecular weight is 431 g/mol. The lowest BCUT2D eigenvalue weighted by atomic mass is 9.92. The second kappa shape index (κ2) is 10.8. The van der Waals surface area contributed by atoms with E-state index in [1.165, 1.54) is 12.1 Å². The van der Waals surface area contributed by atoms with Crippen molar-refractivity contribution in [1.82, 2.24) is 9.55 Å². The number of alkyl halides is 3. The van der Waals surface area contributed by atoms with Gasteiger partial charge in [0.15, 0.2) is 0 Å². The van der Waals surface area contributed by atoms with Crippen LogP contribution in [0, 0.1) is 6.92 Å². The summed E-state index contributed by atoms with van der Waals surface area (Å²) in [6, 6.07) is 4.64. The molecular formula is C22H33F3N2O3. The fourth-order valence-corrected chi connectivity index (χ4v) is 3.10. The summed E-state index contributed by atoms with van der Waals surface area (Å²) in [5.41, 5.74) is 0.593. The van der Waals surface area contributed by atoms with Gasteiger partial charge in [-0.3, -0.25) is 4.79 Å². The molecule has 30 heavy (non-hydrogen) atoms. The summed E-state index contributed by atoms with van der Waals surface area (Å²) in [6.07, 6.45) is -0.618. The number of rotatable bonds is 5. The zero-order chi connectivity index (χ0) is 23.1. The molecule has 0 aliphatic heterocycles. The Morgan fingerprint density at radius 1 is 1.27 bits per heavy atom. The van der Waals surface area contributed by atoms with Crippen LogP contribution in [0.2, 0.25) is 0 Å². The van der Waals surface area contributed by atoms with Gasteiger partial charge in [-0.2, -0.15) is 0 Å². The van der Waals surface area contributed by atoms with E-state index in [1.54, 1.807) is 26.8 Å². The fraction of sp³-hybridized carbons (Fsp3) is 0.636. The lowest BCUT2D eigenvalue weighted by Crippen LogP contribution is -2.22. The van der Waals surface area contributed by atoms with E-state index >= 15 is 0 Å². The number of Topliss-reactive ketones (excluding diaryl/α,β-unsaturated/α-hetero) is 1. The second-order valence-corrected chi connectivity index (χ2v) is 7.69. The highest BCUT2D eigenvalue weighted by Crippen LogP contribution is 2.36. The van der Waals surface area contributed by atoms with E-state index in [4.69, 9.17) is 5.11 Å². The third-order valence-corrected chi connectivity index (χ3v) is 4.53. The van der Waals surface area contributed by atoms with Crippen LogP contribution in [0.5, 0.6) is 5.75 Å². The number of nitrogens with zero attached hydrogens (tertiary/aromatic N) is 2. The normalized spacial score (nSPS) is 14.2. The molecule has 1 N–H and O–H groups in total. The Hall–Kier alpha value is -2.09. The Kier molecular flexibility index (Phi) is 9.34. The van der Waals surface area contributed by atoms with Crippen molar-refractivity contribution in [3.05, 3.63) is 24.0 Å². The first-order valence-electron chi connectivity index (χ1n) is 10.4. The summed E-state index contributed by atoms with van der Waals surface area (Å²) in [4.78, 5) is 15.0. The van der Waals surface area contributed by atoms with E-state index in [2.05, 4.69) is 9.72 Å². The highest BCUT2D eigenvalue weighted by Gasteiger charge is 2.31. The van der Waals surface area contributed by atoms with Crippen LogP contribution >= 0.6 is 0 Å². The third-order valence-electron chi connectivity index (χ3n) is 4.53. The summed E-state index contributed by atoms with van der Waals surface area (Å²) < 4.78 is 42.7. The number of carbonyl (C=O) groups is 1. The first-order valence-corrected chi connectivity index (χ1v) is 10.4. The van der Waals surface area contributed by atoms with Gasteiger partial charge in [0.2, 0.25) is 0 Å². The predicted octanol–water partition coefficient (Wildman–Crippen LogP) is 6.12. The van der Waals surface area contributed by atoms with Gasteiger partial charge in [0.25, 0.3) is 0 Å². The van der Waals surface area contributed by atoms with Crippen LogP contribution in [0.25, 0.3) is 11.0 Å². The van der Waals surface area contributed by atoms with Crippen molar-refractivity contribution < 1.29 is 27.8 Å². The maximum Gasteiger partial charge on any atom is 0.573 e. The number of fused-ring (bicyclic) bond motifs is 1. The van der Waals surface area contributed by atoms with Crippen molar-refractivity contribution in [2.45, 2.75) is 91.7 Å². The summed E-state index contributed by atoms with van der Waals surface area (Å²) in [5, 5.41) is 9.10. The molecule has 170 valence electrons. The predicted molar refractivity (Wildman–Crippen MR) is 112 cm³/mol. The zero-order valence-electron chi connectivity index (χ0n) is 18.6. The molecule has 3 rings (SSSR count). The van der Waals surface area contributed by atoms with Gasteiger partial charge < -0.3 is 14.4 Å². The first-order chi connectivity index (χ1) is 13.9. The molecule has 0 radical (unpaired) electrons. The zero-order valence-corrected chi connectivity index (χ0v) is 18.6. The van der Waals surface area contributed by atoms with Gasteiger partial charge in [-0.15, -0.1) is 13.2 Å². The summed E-state index contributed by atoms with van der Waals surface area (Å²) in [7, 11) is 0. The monoisotopic (exact) mass is 430 g/mol. The van der Waals surface area contributed by atoms with E-state index in [1.807, 2.05) is 25.3 Å². The Bertz CT molecular complexity index is 819. The van der Waals surface area contributed by atoms with Crippen LogP contribution in [0.15, 0.2) is 18.2 Å². The van der Waals surface area contributed by atoms with Crippen LogP contribution in [0.3, 0.4) is 0 Å². The summed E-state index contributed by atoms with van der Waals surface area (Å²) in [5.74, 6) is 0.756. The van der Waals surface area contributed by atoms with Crippen LogP contribution in [0.4, 0.5) is 13.2 Å². The highest BCUT2D eigenvalue weighted by atomic mass is 19.4. The van der Waals surface area contributed by atoms with E-state index in [9.17, 15) is 18.0 Å². The molecule has 0 amide bonds. The summed E-state index contributed by atoms with van der Waals surface area (Å²) in [6.45, 7) is 11.0. The molecule has 0 unspecified atom stereocenters. The van der Waals surface area contributed by atoms with E-state index in [0.29, 0.717) is 23.5 Å². The minimum absolute atomic E-state index is 0.113. The minimum Gasteiger partial charge on any atom is -0.406 e. The van der Waals surface area contributed by atoms with Gasteiger partial charge in [-0.25, -0.2) is 4.98 Å². The molecule has 1 aliphatic rings. The van der Waals surface area contributed by atoms with Crippen LogP contribution in [-0.4, -0.2) is 32.4 Å². The minimum atomic E-state index is -4.66. The lowest BCUT2D eigenvalue weighted by Gasteiger charge is -2.28. The third kappa shape index (κ3) is 7.97. The number of ketones is 1. The van der Waals surface area contributed by atoms with Crippen LogP contribution < -0.4 is 4.74 Å². The van der Waals surface area contributed by atoms with Crippen LogP contribution in [-0.2, 0) is 4.79 Å². The quantitative estimate of drug-likeness (QED) is 0.621. The molecule has 1 heterocycles. The number of hydrogen-bond donors (Lipinski definition) is 1. The van der Waals surface area contributed by atoms with Gasteiger partial charge in [0.1, 0.15) is 17.4 Å². The summed E-state index contributed by atoms with van der Waals surface area (Å²) >= 11 is 0. The first kappa shape index (κ1) is 25.9. The number of aryl methyl sites for hydroxylation is 1. The molecule has 1 aromatic heterocycles. The molecule has 0 spiro atoms. The Balaban J connectivity index is 0.000000349. The smallest absolute Gasteiger partial charge is 0.406 e. The maximum absolute atomic E-state index is 12.2. The molecule has 0 bridgehead atoms. The van der Waals surface area contributed by atoms with E-state index in [-0.39, 0.29) is 18.0 Å². The number of benzene rings is 1. The number of hydrogen-bond acceptors (Lipinski definition) is 4.